The fraction of sp³-hybridized carbons (Fsp3) is 0.722. The number of carbonyl (C=O) groups excluding carboxylic acids is 1. The Hall–Kier alpha value is -1.89. The summed E-state index contributed by atoms with van der Waals surface area (Å²) in [6.45, 7) is 3.99. The molecule has 1 unspecified atom stereocenters. The van der Waals surface area contributed by atoms with Crippen molar-refractivity contribution < 1.29 is 4.79 Å². The van der Waals surface area contributed by atoms with E-state index in [4.69, 9.17) is 0 Å². The third kappa shape index (κ3) is 3.71. The summed E-state index contributed by atoms with van der Waals surface area (Å²) >= 11 is 0. The van der Waals surface area contributed by atoms with Crippen molar-refractivity contribution >= 4 is 17.5 Å². The first-order valence-electron chi connectivity index (χ1n) is 9.51. The van der Waals surface area contributed by atoms with Gasteiger partial charge in [0.05, 0.1) is 18.7 Å². The van der Waals surface area contributed by atoms with E-state index in [0.29, 0.717) is 19.1 Å². The highest BCUT2D eigenvalue weighted by Crippen LogP contribution is 2.32. The van der Waals surface area contributed by atoms with Crippen LogP contribution in [-0.4, -0.2) is 60.0 Å². The van der Waals surface area contributed by atoms with Gasteiger partial charge >= 0.3 is 0 Å². The monoisotopic (exact) mass is 344 g/mol. The van der Waals surface area contributed by atoms with E-state index in [0.717, 1.165) is 62.0 Å². The van der Waals surface area contributed by atoms with Crippen LogP contribution in [0.1, 0.15) is 37.7 Å². The highest BCUT2D eigenvalue weighted by molar-refractivity contribution is 5.83. The van der Waals surface area contributed by atoms with E-state index in [1.807, 2.05) is 11.9 Å². The van der Waals surface area contributed by atoms with Crippen molar-refractivity contribution in [2.24, 2.45) is 5.92 Å². The van der Waals surface area contributed by atoms with Gasteiger partial charge in [-0.15, -0.1) is 0 Å². The summed E-state index contributed by atoms with van der Waals surface area (Å²) in [7, 11) is 1.95. The topological polar surface area (TPSA) is 73.4 Å². The van der Waals surface area contributed by atoms with E-state index >= 15 is 0 Å². The number of fused-ring (bicyclic) bond motifs is 1. The Morgan fingerprint density at radius 3 is 2.92 bits per heavy atom. The number of rotatable bonds is 4. The number of hydrogen-bond acceptors (Lipinski definition) is 6. The zero-order chi connectivity index (χ0) is 17.2. The van der Waals surface area contributed by atoms with E-state index in [1.165, 1.54) is 12.8 Å². The minimum Gasteiger partial charge on any atom is -0.369 e. The van der Waals surface area contributed by atoms with Crippen molar-refractivity contribution in [2.75, 3.05) is 43.4 Å². The minimum absolute atomic E-state index is 0.195. The highest BCUT2D eigenvalue weighted by atomic mass is 16.2. The number of hydrogen-bond donors (Lipinski definition) is 2. The average molecular weight is 344 g/mol. The molecule has 136 valence electrons. The van der Waals surface area contributed by atoms with E-state index in [1.54, 1.807) is 6.33 Å². The summed E-state index contributed by atoms with van der Waals surface area (Å²) in [5, 5.41) is 6.95. The zero-order valence-corrected chi connectivity index (χ0v) is 15.0. The smallest absolute Gasteiger partial charge is 0.242 e. The summed E-state index contributed by atoms with van der Waals surface area (Å²) in [6, 6.07) is 0.304. The fourth-order valence-electron chi connectivity index (χ4n) is 3.87. The van der Waals surface area contributed by atoms with E-state index in [-0.39, 0.29) is 5.91 Å². The van der Waals surface area contributed by atoms with Gasteiger partial charge in [-0.25, -0.2) is 9.97 Å². The van der Waals surface area contributed by atoms with Crippen LogP contribution in [0.2, 0.25) is 0 Å². The van der Waals surface area contributed by atoms with Crippen molar-refractivity contribution in [3.8, 4) is 0 Å². The molecule has 3 heterocycles. The first-order chi connectivity index (χ1) is 12.2. The van der Waals surface area contributed by atoms with Crippen LogP contribution in [0.25, 0.3) is 0 Å². The van der Waals surface area contributed by atoms with E-state index < -0.39 is 0 Å². The van der Waals surface area contributed by atoms with Gasteiger partial charge < -0.3 is 20.4 Å². The van der Waals surface area contributed by atoms with Crippen LogP contribution in [0.4, 0.5) is 11.6 Å². The molecule has 25 heavy (non-hydrogen) atoms. The number of nitrogens with zero attached hydrogens (tertiary/aromatic N) is 4. The predicted octanol–water partition coefficient (Wildman–Crippen LogP) is 1.22. The second-order valence-corrected chi connectivity index (χ2v) is 7.56. The van der Waals surface area contributed by atoms with Crippen molar-refractivity contribution in [3.05, 3.63) is 11.9 Å². The molecule has 0 spiro atoms. The maximum absolute atomic E-state index is 12.9. The summed E-state index contributed by atoms with van der Waals surface area (Å²) in [5.41, 5.74) is 1.06. The Morgan fingerprint density at radius 1 is 1.20 bits per heavy atom. The standard InChI is InChI=1S/C18H28N6O/c1-23-11-16(25)24(14-3-2-7-19-8-6-14)10-15-17(20-9-13-4-5-13)21-12-22-18(15)23/h12-14,19H,2-11H2,1H3,(H,20,21,22). The van der Waals surface area contributed by atoms with Gasteiger partial charge in [0.15, 0.2) is 0 Å². The Bertz CT molecular complexity index is 624. The molecule has 2 fully saturated rings. The van der Waals surface area contributed by atoms with Crippen LogP contribution >= 0.6 is 0 Å². The Balaban J connectivity index is 1.61. The van der Waals surface area contributed by atoms with Gasteiger partial charge in [-0.3, -0.25) is 4.79 Å². The van der Waals surface area contributed by atoms with Gasteiger partial charge in [0.25, 0.3) is 0 Å². The third-order valence-corrected chi connectivity index (χ3v) is 5.55. The molecular weight excluding hydrogens is 316 g/mol. The number of amides is 1. The number of aromatic nitrogens is 2. The molecule has 7 heteroatoms. The van der Waals surface area contributed by atoms with E-state index in [9.17, 15) is 4.79 Å². The lowest BCUT2D eigenvalue weighted by molar-refractivity contribution is -0.132. The molecule has 1 saturated carbocycles. The zero-order valence-electron chi connectivity index (χ0n) is 15.0. The lowest BCUT2D eigenvalue weighted by Gasteiger charge is -2.30. The van der Waals surface area contributed by atoms with Crippen molar-refractivity contribution in [3.63, 3.8) is 0 Å². The minimum atomic E-state index is 0.195. The lowest BCUT2D eigenvalue weighted by atomic mass is 10.1. The first-order valence-corrected chi connectivity index (χ1v) is 9.51. The van der Waals surface area contributed by atoms with Gasteiger partial charge in [-0.2, -0.15) is 0 Å². The normalized spacial score (nSPS) is 24.5. The Morgan fingerprint density at radius 2 is 2.08 bits per heavy atom. The highest BCUT2D eigenvalue weighted by Gasteiger charge is 2.32. The summed E-state index contributed by atoms with van der Waals surface area (Å²) in [6.07, 6.45) is 7.43. The molecule has 1 amide bonds. The molecule has 1 aromatic rings. The average Bonchev–Trinajstić information content (AvgIpc) is 3.44. The summed E-state index contributed by atoms with van der Waals surface area (Å²) in [4.78, 5) is 25.9. The molecule has 0 bridgehead atoms. The molecule has 1 aromatic heterocycles. The number of carbonyl (C=O) groups is 1. The predicted molar refractivity (Wildman–Crippen MR) is 97.6 cm³/mol. The molecule has 1 atom stereocenters. The van der Waals surface area contributed by atoms with Crippen molar-refractivity contribution in [1.82, 2.24) is 20.2 Å². The van der Waals surface area contributed by atoms with Crippen LogP contribution in [0.3, 0.4) is 0 Å². The maximum Gasteiger partial charge on any atom is 0.242 e. The molecule has 2 N–H and O–H groups in total. The van der Waals surface area contributed by atoms with Gasteiger partial charge in [-0.05, 0) is 51.1 Å². The second kappa shape index (κ2) is 7.15. The van der Waals surface area contributed by atoms with Crippen LogP contribution in [0.15, 0.2) is 6.33 Å². The van der Waals surface area contributed by atoms with Crippen LogP contribution in [0.5, 0.6) is 0 Å². The van der Waals surface area contributed by atoms with Gasteiger partial charge in [0, 0.05) is 19.6 Å². The second-order valence-electron chi connectivity index (χ2n) is 7.56. The Kier molecular flexibility index (Phi) is 4.74. The fourth-order valence-corrected chi connectivity index (χ4v) is 3.87. The summed E-state index contributed by atoms with van der Waals surface area (Å²) < 4.78 is 0. The SMILES string of the molecule is CN1CC(=O)N(C2CCCNCC2)Cc2c(NCC3CC3)ncnc21. The molecular formula is C18H28N6O. The molecule has 0 radical (unpaired) electrons. The Labute approximate surface area is 149 Å². The van der Waals surface area contributed by atoms with Crippen molar-refractivity contribution in [2.45, 2.75) is 44.7 Å². The summed E-state index contributed by atoms with van der Waals surface area (Å²) in [5.74, 6) is 2.76. The molecule has 4 rings (SSSR count). The molecule has 1 aliphatic carbocycles. The van der Waals surface area contributed by atoms with Crippen LogP contribution in [-0.2, 0) is 11.3 Å². The first kappa shape index (κ1) is 16.6. The lowest BCUT2D eigenvalue weighted by Crippen LogP contribution is -2.43. The third-order valence-electron chi connectivity index (χ3n) is 5.55. The molecule has 3 aliphatic rings. The molecule has 0 aromatic carbocycles. The van der Waals surface area contributed by atoms with Crippen LogP contribution in [0, 0.1) is 5.92 Å². The maximum atomic E-state index is 12.9. The quantitative estimate of drug-likeness (QED) is 0.856. The van der Waals surface area contributed by atoms with Crippen molar-refractivity contribution in [1.29, 1.82) is 0 Å². The number of likely N-dealkylation sites (N-methyl/N-ethyl adjacent to an activating group) is 1. The van der Waals surface area contributed by atoms with Gasteiger partial charge in [0.2, 0.25) is 5.91 Å². The van der Waals surface area contributed by atoms with Gasteiger partial charge in [0.1, 0.15) is 18.0 Å². The molecule has 1 saturated heterocycles. The number of nitrogens with one attached hydrogen (secondary N) is 2. The molecule has 7 nitrogen and oxygen atoms in total. The van der Waals surface area contributed by atoms with Crippen LogP contribution < -0.4 is 15.5 Å². The van der Waals surface area contributed by atoms with Gasteiger partial charge in [-0.1, -0.05) is 0 Å². The molecule has 2 aliphatic heterocycles. The number of anilines is 2. The largest absolute Gasteiger partial charge is 0.369 e. The van der Waals surface area contributed by atoms with E-state index in [2.05, 4.69) is 25.5 Å².